The summed E-state index contributed by atoms with van der Waals surface area (Å²) >= 11 is 0. The number of nitrogens with zero attached hydrogens (tertiary/aromatic N) is 1. The van der Waals surface area contributed by atoms with Gasteiger partial charge in [-0.3, -0.25) is 0 Å². The molecule has 2 aromatic carbocycles. The number of hydrogen-bond acceptors (Lipinski definition) is 3. The van der Waals surface area contributed by atoms with Gasteiger partial charge in [0.2, 0.25) is 6.79 Å². The standard InChI is InChI=1S/C27H40NO3/c1-5-6-7-8-9-13-18-25-19-14-15-20-26(25)30-22-31-27(29)23(2)28(3,4)21-24-16-11-10-12-17-24/h10-12,14-17,19-20,23H,5-9,13,18,21-22H2,1-4H3/q+1. The molecule has 31 heavy (non-hydrogen) atoms. The van der Waals surface area contributed by atoms with Crippen molar-refractivity contribution in [3.05, 3.63) is 65.7 Å². The molecule has 1 atom stereocenters. The minimum atomic E-state index is -0.290. The summed E-state index contributed by atoms with van der Waals surface area (Å²) in [7, 11) is 4.10. The third kappa shape index (κ3) is 8.74. The Balaban J connectivity index is 1.79. The number of quaternary nitrogens is 1. The second-order valence-corrected chi connectivity index (χ2v) is 8.95. The molecular formula is C27H40NO3+. The highest BCUT2D eigenvalue weighted by atomic mass is 16.7. The lowest BCUT2D eigenvalue weighted by atomic mass is 10.0. The number of para-hydroxylation sites is 1. The van der Waals surface area contributed by atoms with Gasteiger partial charge in [-0.05, 0) is 31.4 Å². The van der Waals surface area contributed by atoms with Crippen LogP contribution < -0.4 is 4.74 Å². The van der Waals surface area contributed by atoms with Crippen molar-refractivity contribution in [2.75, 3.05) is 20.9 Å². The molecule has 0 aliphatic rings. The number of carbonyl (C=O) groups is 1. The number of likely N-dealkylation sites (N-methyl/N-ethyl adjacent to an activating group) is 1. The maximum atomic E-state index is 12.6. The van der Waals surface area contributed by atoms with Gasteiger partial charge in [0.25, 0.3) is 0 Å². The van der Waals surface area contributed by atoms with E-state index in [1.165, 1.54) is 43.2 Å². The van der Waals surface area contributed by atoms with Gasteiger partial charge in [-0.25, -0.2) is 4.79 Å². The molecule has 0 heterocycles. The summed E-state index contributed by atoms with van der Waals surface area (Å²) < 4.78 is 11.8. The second-order valence-electron chi connectivity index (χ2n) is 8.95. The van der Waals surface area contributed by atoms with Crippen LogP contribution in [0.3, 0.4) is 0 Å². The van der Waals surface area contributed by atoms with E-state index < -0.39 is 0 Å². The van der Waals surface area contributed by atoms with Crippen molar-refractivity contribution in [3.8, 4) is 5.75 Å². The first-order valence-corrected chi connectivity index (χ1v) is 11.7. The number of aryl methyl sites for hydroxylation is 1. The van der Waals surface area contributed by atoms with Crippen molar-refractivity contribution in [2.24, 2.45) is 0 Å². The Labute approximate surface area is 188 Å². The maximum absolute atomic E-state index is 12.6. The molecule has 0 aliphatic carbocycles. The fraction of sp³-hybridized carbons (Fsp3) is 0.519. The highest BCUT2D eigenvalue weighted by Gasteiger charge is 2.32. The fourth-order valence-electron chi connectivity index (χ4n) is 3.69. The van der Waals surface area contributed by atoms with E-state index >= 15 is 0 Å². The van der Waals surface area contributed by atoms with Gasteiger partial charge < -0.3 is 14.0 Å². The summed E-state index contributed by atoms with van der Waals surface area (Å²) in [6, 6.07) is 18.0. The zero-order valence-electron chi connectivity index (χ0n) is 19.8. The molecule has 0 fully saturated rings. The van der Waals surface area contributed by atoms with Gasteiger partial charge in [0.15, 0.2) is 6.04 Å². The lowest BCUT2D eigenvalue weighted by molar-refractivity contribution is -0.917. The highest BCUT2D eigenvalue weighted by molar-refractivity contribution is 5.74. The molecule has 4 heteroatoms. The Morgan fingerprint density at radius 3 is 2.29 bits per heavy atom. The number of benzene rings is 2. The van der Waals surface area contributed by atoms with E-state index in [2.05, 4.69) is 39.2 Å². The number of unbranched alkanes of at least 4 members (excludes halogenated alkanes) is 5. The van der Waals surface area contributed by atoms with Crippen molar-refractivity contribution in [1.29, 1.82) is 0 Å². The Kier molecular flexibility index (Phi) is 10.6. The lowest BCUT2D eigenvalue weighted by Crippen LogP contribution is -2.51. The molecule has 2 aromatic rings. The van der Waals surface area contributed by atoms with Gasteiger partial charge in [-0.15, -0.1) is 0 Å². The summed E-state index contributed by atoms with van der Waals surface area (Å²) in [5.41, 5.74) is 2.38. The predicted octanol–water partition coefficient (Wildman–Crippen LogP) is 6.13. The molecule has 0 amide bonds. The van der Waals surface area contributed by atoms with E-state index in [1.54, 1.807) is 0 Å². The summed E-state index contributed by atoms with van der Waals surface area (Å²) in [4.78, 5) is 12.6. The van der Waals surface area contributed by atoms with Crippen LogP contribution in [0.4, 0.5) is 0 Å². The number of hydrogen-bond donors (Lipinski definition) is 0. The van der Waals surface area contributed by atoms with Crippen LogP contribution in [0.2, 0.25) is 0 Å². The Morgan fingerprint density at radius 2 is 1.55 bits per heavy atom. The smallest absolute Gasteiger partial charge is 0.367 e. The van der Waals surface area contributed by atoms with E-state index in [0.29, 0.717) is 4.48 Å². The van der Waals surface area contributed by atoms with E-state index in [9.17, 15) is 4.79 Å². The lowest BCUT2D eigenvalue weighted by Gasteiger charge is -2.34. The van der Waals surface area contributed by atoms with Gasteiger partial charge in [0.1, 0.15) is 12.3 Å². The van der Waals surface area contributed by atoms with Crippen LogP contribution in [0.25, 0.3) is 0 Å². The van der Waals surface area contributed by atoms with Crippen molar-refractivity contribution < 1.29 is 18.8 Å². The summed E-state index contributed by atoms with van der Waals surface area (Å²) in [6.07, 6.45) is 8.61. The molecular weight excluding hydrogens is 386 g/mol. The number of carbonyl (C=O) groups excluding carboxylic acids is 1. The monoisotopic (exact) mass is 426 g/mol. The molecule has 0 aromatic heterocycles. The summed E-state index contributed by atoms with van der Waals surface area (Å²) in [5, 5.41) is 0. The van der Waals surface area contributed by atoms with E-state index in [0.717, 1.165) is 25.1 Å². The third-order valence-corrected chi connectivity index (χ3v) is 6.01. The number of esters is 1. The molecule has 0 saturated carbocycles. The van der Waals surface area contributed by atoms with Crippen LogP contribution in [0.5, 0.6) is 5.75 Å². The first-order valence-electron chi connectivity index (χ1n) is 11.7. The van der Waals surface area contributed by atoms with Crippen LogP contribution in [0, 0.1) is 0 Å². The molecule has 0 bridgehead atoms. The number of rotatable bonds is 14. The quantitative estimate of drug-likeness (QED) is 0.158. The normalized spacial score (nSPS) is 12.4. The van der Waals surface area contributed by atoms with E-state index in [1.807, 2.05) is 43.3 Å². The fourth-order valence-corrected chi connectivity index (χ4v) is 3.69. The first-order chi connectivity index (χ1) is 14.9. The van der Waals surface area contributed by atoms with E-state index in [-0.39, 0.29) is 18.8 Å². The molecule has 4 nitrogen and oxygen atoms in total. The molecule has 170 valence electrons. The average Bonchev–Trinajstić information content (AvgIpc) is 2.76. The Hall–Kier alpha value is -2.33. The third-order valence-electron chi connectivity index (χ3n) is 6.01. The van der Waals surface area contributed by atoms with Crippen molar-refractivity contribution in [1.82, 2.24) is 0 Å². The van der Waals surface area contributed by atoms with Crippen LogP contribution in [-0.4, -0.2) is 37.4 Å². The molecule has 0 saturated heterocycles. The number of ether oxygens (including phenoxy) is 2. The van der Waals surface area contributed by atoms with E-state index in [4.69, 9.17) is 9.47 Å². The average molecular weight is 427 g/mol. The zero-order valence-corrected chi connectivity index (χ0v) is 19.8. The second kappa shape index (κ2) is 13.2. The minimum Gasteiger partial charge on any atom is -0.457 e. The van der Waals surface area contributed by atoms with Gasteiger partial charge in [-0.2, -0.15) is 0 Å². The molecule has 2 rings (SSSR count). The molecule has 1 unspecified atom stereocenters. The molecule has 0 spiro atoms. The predicted molar refractivity (Wildman–Crippen MR) is 127 cm³/mol. The summed E-state index contributed by atoms with van der Waals surface area (Å²) in [6.45, 7) is 4.86. The molecule has 0 aliphatic heterocycles. The first kappa shape index (κ1) is 24.9. The maximum Gasteiger partial charge on any atom is 0.367 e. The van der Waals surface area contributed by atoms with Gasteiger partial charge >= 0.3 is 5.97 Å². The van der Waals surface area contributed by atoms with Gasteiger partial charge in [0.05, 0.1) is 14.1 Å². The van der Waals surface area contributed by atoms with Crippen LogP contribution in [0.1, 0.15) is 63.5 Å². The Bertz CT molecular complexity index is 773. The van der Waals surface area contributed by atoms with Crippen molar-refractivity contribution in [2.45, 2.75) is 71.4 Å². The Morgan fingerprint density at radius 1 is 0.903 bits per heavy atom. The van der Waals surface area contributed by atoms with Crippen LogP contribution in [-0.2, 0) is 22.5 Å². The zero-order chi connectivity index (χ0) is 22.5. The summed E-state index contributed by atoms with van der Waals surface area (Å²) in [5.74, 6) is 0.573. The molecule has 0 N–H and O–H groups in total. The topological polar surface area (TPSA) is 35.5 Å². The van der Waals surface area contributed by atoms with Crippen LogP contribution in [0.15, 0.2) is 54.6 Å². The largest absolute Gasteiger partial charge is 0.457 e. The molecule has 0 radical (unpaired) electrons. The van der Waals surface area contributed by atoms with Gasteiger partial charge in [-0.1, -0.05) is 87.6 Å². The van der Waals surface area contributed by atoms with Crippen molar-refractivity contribution in [3.63, 3.8) is 0 Å². The van der Waals surface area contributed by atoms with Crippen molar-refractivity contribution >= 4 is 5.97 Å². The van der Waals surface area contributed by atoms with Crippen LogP contribution >= 0.6 is 0 Å². The minimum absolute atomic E-state index is 0.0535. The van der Waals surface area contributed by atoms with Gasteiger partial charge in [0, 0.05) is 5.56 Å². The SMILES string of the molecule is CCCCCCCCc1ccccc1OCOC(=O)C(C)[N+](C)(C)Cc1ccccc1. The highest BCUT2D eigenvalue weighted by Crippen LogP contribution is 2.21.